The minimum Gasteiger partial charge on any atom is -0.506 e. The van der Waals surface area contributed by atoms with Gasteiger partial charge in [0.05, 0.1) is 20.8 Å². The van der Waals surface area contributed by atoms with E-state index >= 15 is 0 Å². The molecule has 1 aliphatic carbocycles. The van der Waals surface area contributed by atoms with E-state index in [0.29, 0.717) is 32.7 Å². The molecule has 7 nitrogen and oxygen atoms in total. The maximum Gasteiger partial charge on any atom is 0.201 e. The van der Waals surface area contributed by atoms with Gasteiger partial charge in [0.15, 0.2) is 17.3 Å². The van der Waals surface area contributed by atoms with E-state index in [1.807, 2.05) is 0 Å². The third-order valence-electron chi connectivity index (χ3n) is 4.32. The maximum absolute atomic E-state index is 12.9. The lowest BCUT2D eigenvalue weighted by molar-refractivity contribution is 0.104. The molecule has 0 radical (unpaired) electrons. The van der Waals surface area contributed by atoms with Gasteiger partial charge in [-0.1, -0.05) is 29.3 Å². The molecule has 0 atom stereocenters. The highest BCUT2D eigenvalue weighted by molar-refractivity contribution is 6.36. The third kappa shape index (κ3) is 3.40. The Bertz CT molecular complexity index is 998. The summed E-state index contributed by atoms with van der Waals surface area (Å²) in [6, 6.07) is 8.10. The number of fused-ring (bicyclic) bond motifs is 1. The van der Waals surface area contributed by atoms with E-state index in [0.717, 1.165) is 0 Å². The van der Waals surface area contributed by atoms with Gasteiger partial charge in [-0.25, -0.2) is 5.84 Å². The number of halogens is 2. The molecule has 0 saturated carbocycles. The van der Waals surface area contributed by atoms with Gasteiger partial charge in [-0.2, -0.15) is 0 Å². The number of hydrogen-bond donors (Lipinski definition) is 3. The number of carbonyl (C=O) groups excluding carboxylic acids is 1. The van der Waals surface area contributed by atoms with Gasteiger partial charge in [0, 0.05) is 26.7 Å². The molecule has 0 aliphatic heterocycles. The lowest BCUT2D eigenvalue weighted by Gasteiger charge is -2.09. The molecule has 0 aromatic heterocycles. The van der Waals surface area contributed by atoms with Gasteiger partial charge < -0.3 is 20.0 Å². The van der Waals surface area contributed by atoms with Crippen molar-refractivity contribution in [3.05, 3.63) is 62.6 Å². The second kappa shape index (κ2) is 8.10. The molecule has 4 N–H and O–H groups in total. The Morgan fingerprint density at radius 3 is 2.25 bits per heavy atom. The summed E-state index contributed by atoms with van der Waals surface area (Å²) in [6.45, 7) is 0.0606. The first-order chi connectivity index (χ1) is 13.4. The first kappa shape index (κ1) is 20.0. The standard InChI is InChI=1S/C19H17Cl2N3O4/c1-27-14-6-9-10(7-15(14)28-2)18(26)16(17(9)25)19(24-22)23-8-11-12(20)4-3-5-13(11)21/h3-7,25H,8,22H2,1-2H3,(H,23,24). The van der Waals surface area contributed by atoms with Gasteiger partial charge in [0.25, 0.3) is 0 Å². The Morgan fingerprint density at radius 2 is 1.71 bits per heavy atom. The zero-order valence-corrected chi connectivity index (χ0v) is 16.6. The molecule has 0 amide bonds. The van der Waals surface area contributed by atoms with Crippen LogP contribution in [-0.4, -0.2) is 30.9 Å². The van der Waals surface area contributed by atoms with E-state index in [-0.39, 0.29) is 29.3 Å². The smallest absolute Gasteiger partial charge is 0.201 e. The Kier molecular flexibility index (Phi) is 5.79. The minimum atomic E-state index is -0.449. The molecule has 0 spiro atoms. The van der Waals surface area contributed by atoms with Crippen LogP contribution in [0.1, 0.15) is 21.5 Å². The van der Waals surface area contributed by atoms with E-state index < -0.39 is 5.78 Å². The van der Waals surface area contributed by atoms with Crippen LogP contribution in [-0.2, 0) is 6.54 Å². The molecule has 2 aromatic carbocycles. The summed E-state index contributed by atoms with van der Waals surface area (Å²) in [5.74, 6) is 5.61. The van der Waals surface area contributed by atoms with Gasteiger partial charge in [-0.3, -0.25) is 9.79 Å². The molecule has 9 heteroatoms. The number of aliphatic hydroxyl groups excluding tert-OH is 1. The lowest BCUT2D eigenvalue weighted by atomic mass is 10.1. The predicted molar refractivity (Wildman–Crippen MR) is 108 cm³/mol. The second-order valence-electron chi connectivity index (χ2n) is 5.81. The Labute approximate surface area is 171 Å². The summed E-state index contributed by atoms with van der Waals surface area (Å²) in [4.78, 5) is 17.2. The topological polar surface area (TPSA) is 106 Å². The molecule has 1 aliphatic rings. The Hall–Kier alpha value is -2.74. The van der Waals surface area contributed by atoms with Crippen molar-refractivity contribution in [2.75, 3.05) is 14.2 Å². The SMILES string of the molecule is COc1cc2c(cc1OC)C(O)=C(C(=NCc1c(Cl)cccc1Cl)NN)C2=O. The number of rotatable bonds is 5. The monoisotopic (exact) mass is 421 g/mol. The number of aliphatic hydroxyl groups is 1. The van der Waals surface area contributed by atoms with Crippen molar-refractivity contribution in [3.63, 3.8) is 0 Å². The molecule has 0 unspecified atom stereocenters. The van der Waals surface area contributed by atoms with E-state index in [1.165, 1.54) is 26.4 Å². The van der Waals surface area contributed by atoms with Gasteiger partial charge in [-0.15, -0.1) is 0 Å². The van der Waals surface area contributed by atoms with Crippen molar-refractivity contribution in [1.29, 1.82) is 0 Å². The quantitative estimate of drug-likeness (QED) is 0.295. The van der Waals surface area contributed by atoms with Crippen molar-refractivity contribution in [3.8, 4) is 11.5 Å². The van der Waals surface area contributed by atoms with Crippen LogP contribution in [0.4, 0.5) is 0 Å². The fourth-order valence-electron chi connectivity index (χ4n) is 2.90. The van der Waals surface area contributed by atoms with Crippen LogP contribution >= 0.6 is 23.2 Å². The van der Waals surface area contributed by atoms with Crippen molar-refractivity contribution >= 4 is 40.6 Å². The number of nitrogens with one attached hydrogen (secondary N) is 1. The average molecular weight is 422 g/mol. The van der Waals surface area contributed by atoms with Crippen LogP contribution in [0.2, 0.25) is 10.0 Å². The zero-order chi connectivity index (χ0) is 20.4. The van der Waals surface area contributed by atoms with E-state index in [9.17, 15) is 9.90 Å². The van der Waals surface area contributed by atoms with Crippen molar-refractivity contribution in [2.45, 2.75) is 6.54 Å². The van der Waals surface area contributed by atoms with Gasteiger partial charge in [0.2, 0.25) is 5.78 Å². The summed E-state index contributed by atoms with van der Waals surface area (Å²) < 4.78 is 10.5. The molecule has 146 valence electrons. The van der Waals surface area contributed by atoms with E-state index in [1.54, 1.807) is 18.2 Å². The number of amidine groups is 1. The number of Topliss-reactive ketones (excluding diaryl/α,β-unsaturated/α-hetero) is 1. The molecule has 0 fully saturated rings. The van der Waals surface area contributed by atoms with Crippen LogP contribution in [0.5, 0.6) is 11.5 Å². The van der Waals surface area contributed by atoms with Crippen LogP contribution in [0.3, 0.4) is 0 Å². The summed E-state index contributed by atoms with van der Waals surface area (Å²) in [7, 11) is 2.92. The molecule has 28 heavy (non-hydrogen) atoms. The number of methoxy groups -OCH3 is 2. The highest BCUT2D eigenvalue weighted by Crippen LogP contribution is 2.39. The summed E-state index contributed by atoms with van der Waals surface area (Å²) in [5, 5.41) is 11.5. The van der Waals surface area contributed by atoms with Crippen LogP contribution < -0.4 is 20.7 Å². The summed E-state index contributed by atoms with van der Waals surface area (Å²) in [5.41, 5.74) is 3.44. The van der Waals surface area contributed by atoms with Crippen LogP contribution in [0.15, 0.2) is 40.9 Å². The Balaban J connectivity index is 2.03. The molecular formula is C19H17Cl2N3O4. The molecular weight excluding hydrogens is 405 g/mol. The molecule has 2 aromatic rings. The average Bonchev–Trinajstić information content (AvgIpc) is 2.93. The summed E-state index contributed by atoms with van der Waals surface area (Å²) in [6.07, 6.45) is 0. The number of nitrogens with zero attached hydrogens (tertiary/aromatic N) is 1. The zero-order valence-electron chi connectivity index (χ0n) is 15.0. The highest BCUT2D eigenvalue weighted by Gasteiger charge is 2.34. The van der Waals surface area contributed by atoms with Gasteiger partial charge >= 0.3 is 0 Å². The largest absolute Gasteiger partial charge is 0.506 e. The fraction of sp³-hybridized carbons (Fsp3) is 0.158. The number of nitrogens with two attached hydrogens (primary N) is 1. The number of benzene rings is 2. The Morgan fingerprint density at radius 1 is 1.14 bits per heavy atom. The van der Waals surface area contributed by atoms with E-state index in [2.05, 4.69) is 10.4 Å². The van der Waals surface area contributed by atoms with E-state index in [4.69, 9.17) is 38.5 Å². The molecule has 0 bridgehead atoms. The highest BCUT2D eigenvalue weighted by atomic mass is 35.5. The predicted octanol–water partition coefficient (Wildman–Crippen LogP) is 3.54. The van der Waals surface area contributed by atoms with Crippen molar-refractivity contribution < 1.29 is 19.4 Å². The molecule has 0 heterocycles. The number of ether oxygens (including phenoxy) is 2. The minimum absolute atomic E-state index is 0.00706. The fourth-order valence-corrected chi connectivity index (χ4v) is 3.41. The summed E-state index contributed by atoms with van der Waals surface area (Å²) >= 11 is 12.3. The van der Waals surface area contributed by atoms with Crippen LogP contribution in [0.25, 0.3) is 5.76 Å². The lowest BCUT2D eigenvalue weighted by Crippen LogP contribution is -2.34. The van der Waals surface area contributed by atoms with Gasteiger partial charge in [0.1, 0.15) is 11.3 Å². The first-order valence-electron chi connectivity index (χ1n) is 8.11. The van der Waals surface area contributed by atoms with Crippen LogP contribution in [0, 0.1) is 0 Å². The molecule has 0 saturated heterocycles. The van der Waals surface area contributed by atoms with Crippen molar-refractivity contribution in [2.24, 2.45) is 10.8 Å². The number of hydrazine groups is 1. The normalized spacial score (nSPS) is 13.6. The first-order valence-corrected chi connectivity index (χ1v) is 8.87. The number of hydrogen-bond acceptors (Lipinski definition) is 6. The van der Waals surface area contributed by atoms with Crippen molar-refractivity contribution in [1.82, 2.24) is 5.43 Å². The molecule has 3 rings (SSSR count). The third-order valence-corrected chi connectivity index (χ3v) is 5.03. The second-order valence-corrected chi connectivity index (χ2v) is 6.63. The maximum atomic E-state index is 12.9. The number of aliphatic imine (C=N–C) groups is 1. The number of carbonyl (C=O) groups is 1. The number of ketones is 1. The van der Waals surface area contributed by atoms with Gasteiger partial charge in [-0.05, 0) is 24.3 Å².